The summed E-state index contributed by atoms with van der Waals surface area (Å²) in [6.07, 6.45) is 0. The van der Waals surface area contributed by atoms with Gasteiger partial charge in [-0.05, 0) is 31.0 Å². The lowest BCUT2D eigenvalue weighted by atomic mass is 9.86. The molecule has 1 aromatic rings. The molecule has 1 aromatic heterocycles. The molecule has 4 nitrogen and oxygen atoms in total. The van der Waals surface area contributed by atoms with Gasteiger partial charge in [-0.3, -0.25) is 4.90 Å². The Morgan fingerprint density at radius 1 is 1.47 bits per heavy atom. The van der Waals surface area contributed by atoms with Gasteiger partial charge in [-0.2, -0.15) is 5.26 Å². The van der Waals surface area contributed by atoms with Gasteiger partial charge in [-0.25, -0.2) is 0 Å². The van der Waals surface area contributed by atoms with Gasteiger partial charge in [0.2, 0.25) is 0 Å². The van der Waals surface area contributed by atoms with Gasteiger partial charge >= 0.3 is 0 Å². The second kappa shape index (κ2) is 5.77. The number of aliphatic hydroxyl groups excluding tert-OH is 1. The highest BCUT2D eigenvalue weighted by molar-refractivity contribution is 5.34. The second-order valence-electron chi connectivity index (χ2n) is 6.29. The fourth-order valence-electron chi connectivity index (χ4n) is 2.48. The summed E-state index contributed by atoms with van der Waals surface area (Å²) in [6.45, 7) is 9.28. The van der Waals surface area contributed by atoms with E-state index in [1.54, 1.807) is 0 Å². The maximum atomic E-state index is 9.59. The van der Waals surface area contributed by atoms with Crippen molar-refractivity contribution in [2.24, 2.45) is 12.5 Å². The van der Waals surface area contributed by atoms with E-state index in [1.165, 1.54) is 0 Å². The highest BCUT2D eigenvalue weighted by Gasteiger charge is 2.28. The number of hydrogen-bond acceptors (Lipinski definition) is 3. The van der Waals surface area contributed by atoms with Crippen molar-refractivity contribution in [3.05, 3.63) is 23.0 Å². The minimum atomic E-state index is 0.0181. The Kier molecular flexibility index (Phi) is 4.78. The molecular weight excluding hydrogens is 238 g/mol. The lowest BCUT2D eigenvalue weighted by Gasteiger charge is -2.36. The molecule has 1 heterocycles. The molecule has 4 heteroatoms. The van der Waals surface area contributed by atoms with E-state index in [0.29, 0.717) is 5.69 Å². The number of rotatable bonds is 4. The summed E-state index contributed by atoms with van der Waals surface area (Å²) in [5.74, 6) is 0. The number of aliphatic hydroxyl groups is 1. The molecule has 0 radical (unpaired) electrons. The van der Waals surface area contributed by atoms with E-state index in [-0.39, 0.29) is 18.1 Å². The van der Waals surface area contributed by atoms with Gasteiger partial charge in [0.25, 0.3) is 0 Å². The van der Waals surface area contributed by atoms with Crippen LogP contribution in [0.2, 0.25) is 0 Å². The number of likely N-dealkylation sites (N-methyl/N-ethyl adjacent to an activating group) is 1. The van der Waals surface area contributed by atoms with Crippen molar-refractivity contribution in [2.45, 2.75) is 40.3 Å². The first-order valence-electron chi connectivity index (χ1n) is 6.58. The minimum Gasteiger partial charge on any atom is -0.395 e. The first kappa shape index (κ1) is 15.7. The van der Waals surface area contributed by atoms with E-state index >= 15 is 0 Å². The van der Waals surface area contributed by atoms with Crippen LogP contribution in [0.1, 0.15) is 37.7 Å². The molecule has 0 amide bonds. The molecule has 0 aliphatic carbocycles. The molecule has 1 N–H and O–H groups in total. The van der Waals surface area contributed by atoms with E-state index in [4.69, 9.17) is 5.26 Å². The van der Waals surface area contributed by atoms with Crippen molar-refractivity contribution < 1.29 is 5.11 Å². The highest BCUT2D eigenvalue weighted by Crippen LogP contribution is 2.25. The van der Waals surface area contributed by atoms with Crippen molar-refractivity contribution in [2.75, 3.05) is 13.7 Å². The molecule has 0 saturated carbocycles. The topological polar surface area (TPSA) is 52.2 Å². The zero-order valence-corrected chi connectivity index (χ0v) is 12.9. The Labute approximate surface area is 116 Å². The third-order valence-electron chi connectivity index (χ3n) is 3.88. The smallest absolute Gasteiger partial charge is 0.120 e. The van der Waals surface area contributed by atoms with Gasteiger partial charge in [-0.15, -0.1) is 0 Å². The molecule has 0 bridgehead atoms. The van der Waals surface area contributed by atoms with Crippen LogP contribution in [0.4, 0.5) is 0 Å². The summed E-state index contributed by atoms with van der Waals surface area (Å²) in [5.41, 5.74) is 2.94. The van der Waals surface area contributed by atoms with Gasteiger partial charge in [0, 0.05) is 25.3 Å². The number of nitrogens with zero attached hydrogens (tertiary/aromatic N) is 3. The molecular formula is C15H25N3O. The van der Waals surface area contributed by atoms with Crippen LogP contribution in [0, 0.1) is 23.7 Å². The first-order chi connectivity index (χ1) is 8.72. The Morgan fingerprint density at radius 2 is 2.05 bits per heavy atom. The zero-order valence-electron chi connectivity index (χ0n) is 12.9. The van der Waals surface area contributed by atoms with Crippen molar-refractivity contribution >= 4 is 0 Å². The standard InChI is InChI=1S/C15H25N3O/c1-11-12(7-13(8-16)18(11)6)9-17(5)14(10-19)15(2,3)4/h7,14,19H,9-10H2,1-6H3. The van der Waals surface area contributed by atoms with Crippen LogP contribution in [0.15, 0.2) is 6.07 Å². The normalized spacial score (nSPS) is 13.6. The van der Waals surface area contributed by atoms with Crippen LogP contribution >= 0.6 is 0 Å². The van der Waals surface area contributed by atoms with Gasteiger partial charge in [-0.1, -0.05) is 20.8 Å². The first-order valence-corrected chi connectivity index (χ1v) is 6.58. The largest absolute Gasteiger partial charge is 0.395 e. The van der Waals surface area contributed by atoms with Crippen LogP contribution in [0.3, 0.4) is 0 Å². The summed E-state index contributed by atoms with van der Waals surface area (Å²) in [4.78, 5) is 2.16. The molecule has 1 rings (SSSR count). The van der Waals surface area contributed by atoms with E-state index in [2.05, 4.69) is 31.7 Å². The molecule has 0 aliphatic heterocycles. The molecule has 1 atom stereocenters. The van der Waals surface area contributed by atoms with Gasteiger partial charge in [0.15, 0.2) is 0 Å². The lowest BCUT2D eigenvalue weighted by Crippen LogP contribution is -2.44. The monoisotopic (exact) mass is 263 g/mol. The second-order valence-corrected chi connectivity index (χ2v) is 6.29. The van der Waals surface area contributed by atoms with Crippen LogP contribution in [-0.2, 0) is 13.6 Å². The minimum absolute atomic E-state index is 0.0181. The number of hydrogen-bond donors (Lipinski definition) is 1. The average Bonchev–Trinajstić information content (AvgIpc) is 2.56. The third-order valence-corrected chi connectivity index (χ3v) is 3.88. The third kappa shape index (κ3) is 3.37. The van der Waals surface area contributed by atoms with Crippen molar-refractivity contribution in [1.29, 1.82) is 5.26 Å². The van der Waals surface area contributed by atoms with Crippen molar-refractivity contribution in [3.8, 4) is 6.07 Å². The van der Waals surface area contributed by atoms with Crippen molar-refractivity contribution in [3.63, 3.8) is 0 Å². The van der Waals surface area contributed by atoms with Crippen LogP contribution < -0.4 is 0 Å². The molecule has 1 unspecified atom stereocenters. The maximum Gasteiger partial charge on any atom is 0.120 e. The Morgan fingerprint density at radius 3 is 2.42 bits per heavy atom. The molecule has 106 valence electrons. The van der Waals surface area contributed by atoms with Crippen LogP contribution in [0.25, 0.3) is 0 Å². The lowest BCUT2D eigenvalue weighted by molar-refractivity contribution is 0.0613. The molecule has 0 fully saturated rings. The van der Waals surface area contributed by atoms with E-state index in [1.807, 2.05) is 31.7 Å². The number of aromatic nitrogens is 1. The predicted molar refractivity (Wildman–Crippen MR) is 76.7 cm³/mol. The van der Waals surface area contributed by atoms with Gasteiger partial charge in [0.1, 0.15) is 11.8 Å². The SMILES string of the molecule is Cc1c(CN(C)C(CO)C(C)(C)C)cc(C#N)n1C. The van der Waals surface area contributed by atoms with E-state index in [9.17, 15) is 5.11 Å². The molecule has 0 spiro atoms. The molecule has 0 aromatic carbocycles. The van der Waals surface area contributed by atoms with Crippen LogP contribution in [0.5, 0.6) is 0 Å². The summed E-state index contributed by atoms with van der Waals surface area (Å²) in [5, 5.41) is 18.6. The van der Waals surface area contributed by atoms with Crippen molar-refractivity contribution in [1.82, 2.24) is 9.47 Å². The summed E-state index contributed by atoms with van der Waals surface area (Å²) in [6, 6.07) is 4.23. The molecule has 19 heavy (non-hydrogen) atoms. The molecule has 0 saturated heterocycles. The fourth-order valence-corrected chi connectivity index (χ4v) is 2.48. The van der Waals surface area contributed by atoms with Crippen LogP contribution in [-0.4, -0.2) is 34.3 Å². The quantitative estimate of drug-likeness (QED) is 0.904. The summed E-state index contributed by atoms with van der Waals surface area (Å²) in [7, 11) is 3.93. The Bertz CT molecular complexity index is 477. The fraction of sp³-hybridized carbons (Fsp3) is 0.667. The Balaban J connectivity index is 2.94. The van der Waals surface area contributed by atoms with E-state index < -0.39 is 0 Å². The Hall–Kier alpha value is -1.31. The maximum absolute atomic E-state index is 9.59. The van der Waals surface area contributed by atoms with Gasteiger partial charge < -0.3 is 9.67 Å². The van der Waals surface area contributed by atoms with Gasteiger partial charge in [0.05, 0.1) is 6.61 Å². The summed E-state index contributed by atoms with van der Waals surface area (Å²) < 4.78 is 1.91. The average molecular weight is 263 g/mol. The zero-order chi connectivity index (χ0) is 14.8. The summed E-state index contributed by atoms with van der Waals surface area (Å²) >= 11 is 0. The highest BCUT2D eigenvalue weighted by atomic mass is 16.3. The van der Waals surface area contributed by atoms with E-state index in [0.717, 1.165) is 17.8 Å². The number of nitriles is 1. The predicted octanol–water partition coefficient (Wildman–Crippen LogP) is 2.04. The molecule has 0 aliphatic rings.